The summed E-state index contributed by atoms with van der Waals surface area (Å²) in [5, 5.41) is 3.79. The molecule has 0 spiro atoms. The monoisotopic (exact) mass is 446 g/mol. The van der Waals surface area contributed by atoms with Gasteiger partial charge in [-0.1, -0.05) is 54.1 Å². The van der Waals surface area contributed by atoms with Crippen LogP contribution in [-0.4, -0.2) is 30.1 Å². The molecule has 160 valence electrons. The minimum Gasteiger partial charge on any atom is -0.454 e. The maximum atomic E-state index is 13.3. The van der Waals surface area contributed by atoms with Crippen molar-refractivity contribution in [3.63, 3.8) is 0 Å². The molecule has 5 rings (SSSR count). The second kappa shape index (κ2) is 8.40. The molecule has 2 aliphatic rings. The molecule has 6 nitrogen and oxygen atoms in total. The quantitative estimate of drug-likeness (QED) is 0.564. The van der Waals surface area contributed by atoms with Crippen LogP contribution in [0.5, 0.6) is 11.5 Å². The summed E-state index contributed by atoms with van der Waals surface area (Å²) in [6.07, 6.45) is 0.536. The zero-order valence-corrected chi connectivity index (χ0v) is 17.8. The number of hydrogen-bond acceptors (Lipinski definition) is 5. The summed E-state index contributed by atoms with van der Waals surface area (Å²) in [4.78, 5) is 27.9. The summed E-state index contributed by atoms with van der Waals surface area (Å²) in [5.41, 5.74) is 2.91. The Morgan fingerprint density at radius 1 is 0.875 bits per heavy atom. The van der Waals surface area contributed by atoms with Gasteiger partial charge in [0.1, 0.15) is 5.70 Å². The van der Waals surface area contributed by atoms with E-state index in [0.717, 1.165) is 5.56 Å². The molecule has 7 heteroatoms. The highest BCUT2D eigenvalue weighted by Crippen LogP contribution is 2.36. The van der Waals surface area contributed by atoms with E-state index >= 15 is 0 Å². The molecule has 0 aromatic heterocycles. The number of fused-ring (bicyclic) bond motifs is 1. The Labute approximate surface area is 190 Å². The number of imide groups is 1. The third-order valence-electron chi connectivity index (χ3n) is 5.41. The van der Waals surface area contributed by atoms with Crippen LogP contribution < -0.4 is 14.8 Å². The van der Waals surface area contributed by atoms with Gasteiger partial charge in [0.05, 0.1) is 5.57 Å². The molecule has 2 aliphatic heterocycles. The third-order valence-corrected chi connectivity index (χ3v) is 5.66. The van der Waals surface area contributed by atoms with Crippen LogP contribution in [0.15, 0.2) is 78.5 Å². The number of benzene rings is 3. The van der Waals surface area contributed by atoms with Crippen molar-refractivity contribution in [2.45, 2.75) is 6.42 Å². The van der Waals surface area contributed by atoms with Gasteiger partial charge in [0.15, 0.2) is 11.5 Å². The lowest BCUT2D eigenvalue weighted by Gasteiger charge is -2.15. The van der Waals surface area contributed by atoms with Crippen LogP contribution in [0.25, 0.3) is 5.57 Å². The maximum Gasteiger partial charge on any atom is 0.278 e. The third kappa shape index (κ3) is 3.81. The molecule has 0 aliphatic carbocycles. The van der Waals surface area contributed by atoms with E-state index in [1.165, 1.54) is 4.90 Å². The van der Waals surface area contributed by atoms with Crippen LogP contribution in [0.4, 0.5) is 5.69 Å². The lowest BCUT2D eigenvalue weighted by molar-refractivity contribution is -0.136. The molecule has 2 amide bonds. The fraction of sp³-hybridized carbons (Fsp3) is 0.120. The standard InChI is InChI=1S/C25H19ClN2O4/c26-18-8-6-16(7-9-18)12-13-28-24(29)22(17-4-2-1-3-5-17)23(25(28)30)27-19-10-11-20-21(14-19)32-15-31-20/h1-11,14,27H,12-13,15H2. The Morgan fingerprint density at radius 2 is 1.62 bits per heavy atom. The first kappa shape index (κ1) is 20.2. The SMILES string of the molecule is O=C1C(Nc2ccc3c(c2)OCO3)=C(c2ccccc2)C(=O)N1CCc1ccc(Cl)cc1. The molecule has 0 saturated carbocycles. The van der Waals surface area contributed by atoms with Crippen LogP contribution in [0, 0.1) is 0 Å². The van der Waals surface area contributed by atoms with E-state index in [9.17, 15) is 9.59 Å². The number of carbonyl (C=O) groups excluding carboxylic acids is 2. The fourth-order valence-corrected chi connectivity index (χ4v) is 3.90. The van der Waals surface area contributed by atoms with Crippen molar-refractivity contribution in [2.24, 2.45) is 0 Å². The molecule has 0 radical (unpaired) electrons. The second-order valence-electron chi connectivity index (χ2n) is 7.45. The number of carbonyl (C=O) groups is 2. The molecule has 3 aromatic rings. The molecule has 0 unspecified atom stereocenters. The van der Waals surface area contributed by atoms with E-state index in [1.54, 1.807) is 30.3 Å². The fourth-order valence-electron chi connectivity index (χ4n) is 3.78. The molecule has 1 N–H and O–H groups in total. The average molecular weight is 447 g/mol. The van der Waals surface area contributed by atoms with Gasteiger partial charge >= 0.3 is 0 Å². The number of nitrogens with one attached hydrogen (secondary N) is 1. The molecular formula is C25H19ClN2O4. The zero-order chi connectivity index (χ0) is 22.1. The van der Waals surface area contributed by atoms with Gasteiger partial charge in [0, 0.05) is 23.3 Å². The van der Waals surface area contributed by atoms with Gasteiger partial charge in [-0.2, -0.15) is 0 Å². The van der Waals surface area contributed by atoms with Crippen molar-refractivity contribution in [2.75, 3.05) is 18.7 Å². The molecule has 0 fully saturated rings. The Bertz CT molecular complexity index is 1220. The predicted octanol–water partition coefficient (Wildman–Crippen LogP) is 4.50. The van der Waals surface area contributed by atoms with Gasteiger partial charge in [-0.05, 0) is 41.8 Å². The van der Waals surface area contributed by atoms with Crippen LogP contribution in [-0.2, 0) is 16.0 Å². The van der Waals surface area contributed by atoms with Gasteiger partial charge < -0.3 is 14.8 Å². The number of ether oxygens (including phenoxy) is 2. The highest BCUT2D eigenvalue weighted by molar-refractivity contribution is 6.36. The van der Waals surface area contributed by atoms with Crippen molar-refractivity contribution in [3.05, 3.63) is 94.6 Å². The van der Waals surface area contributed by atoms with Crippen molar-refractivity contribution in [1.82, 2.24) is 4.90 Å². The van der Waals surface area contributed by atoms with E-state index in [1.807, 2.05) is 42.5 Å². The van der Waals surface area contributed by atoms with Gasteiger partial charge in [0.2, 0.25) is 6.79 Å². The van der Waals surface area contributed by atoms with Gasteiger partial charge in [-0.15, -0.1) is 0 Å². The van der Waals surface area contributed by atoms with Crippen molar-refractivity contribution < 1.29 is 19.1 Å². The average Bonchev–Trinajstić information content (AvgIpc) is 3.36. The van der Waals surface area contributed by atoms with Gasteiger partial charge in [-0.25, -0.2) is 0 Å². The molecule has 3 aromatic carbocycles. The Morgan fingerprint density at radius 3 is 2.41 bits per heavy atom. The van der Waals surface area contributed by atoms with Crippen molar-refractivity contribution in [3.8, 4) is 11.5 Å². The summed E-state index contributed by atoms with van der Waals surface area (Å²) in [6, 6.07) is 21.9. The molecule has 0 atom stereocenters. The summed E-state index contributed by atoms with van der Waals surface area (Å²) < 4.78 is 10.8. The summed E-state index contributed by atoms with van der Waals surface area (Å²) in [7, 11) is 0. The van der Waals surface area contributed by atoms with Gasteiger partial charge in [0.25, 0.3) is 11.8 Å². The number of hydrogen-bond donors (Lipinski definition) is 1. The van der Waals surface area contributed by atoms with E-state index in [2.05, 4.69) is 5.32 Å². The van der Waals surface area contributed by atoms with Crippen LogP contribution in [0.1, 0.15) is 11.1 Å². The molecule has 0 bridgehead atoms. The Balaban J connectivity index is 1.44. The number of nitrogens with zero attached hydrogens (tertiary/aromatic N) is 1. The largest absolute Gasteiger partial charge is 0.454 e. The molecule has 32 heavy (non-hydrogen) atoms. The molecule has 2 heterocycles. The van der Waals surface area contributed by atoms with Crippen LogP contribution in [0.2, 0.25) is 5.02 Å². The van der Waals surface area contributed by atoms with Crippen molar-refractivity contribution >= 4 is 34.7 Å². The molecular weight excluding hydrogens is 428 g/mol. The summed E-state index contributed by atoms with van der Waals surface area (Å²) in [5.74, 6) is 0.554. The first-order valence-electron chi connectivity index (χ1n) is 10.2. The van der Waals surface area contributed by atoms with E-state index in [0.29, 0.717) is 39.8 Å². The van der Waals surface area contributed by atoms with E-state index in [-0.39, 0.29) is 30.8 Å². The Hall–Kier alpha value is -3.77. The lowest BCUT2D eigenvalue weighted by Crippen LogP contribution is -2.34. The number of rotatable bonds is 6. The minimum absolute atomic E-state index is 0.159. The maximum absolute atomic E-state index is 13.3. The highest BCUT2D eigenvalue weighted by atomic mass is 35.5. The van der Waals surface area contributed by atoms with E-state index < -0.39 is 0 Å². The first-order chi connectivity index (χ1) is 15.6. The highest BCUT2D eigenvalue weighted by Gasteiger charge is 2.39. The zero-order valence-electron chi connectivity index (χ0n) is 17.0. The first-order valence-corrected chi connectivity index (χ1v) is 10.5. The van der Waals surface area contributed by atoms with Crippen LogP contribution >= 0.6 is 11.6 Å². The normalized spacial score (nSPS) is 15.0. The summed E-state index contributed by atoms with van der Waals surface area (Å²) >= 11 is 5.95. The molecule has 0 saturated heterocycles. The number of anilines is 1. The lowest BCUT2D eigenvalue weighted by atomic mass is 10.0. The van der Waals surface area contributed by atoms with E-state index in [4.69, 9.17) is 21.1 Å². The van der Waals surface area contributed by atoms with Crippen molar-refractivity contribution in [1.29, 1.82) is 0 Å². The summed E-state index contributed by atoms with van der Waals surface area (Å²) in [6.45, 7) is 0.425. The van der Waals surface area contributed by atoms with Crippen LogP contribution in [0.3, 0.4) is 0 Å². The smallest absolute Gasteiger partial charge is 0.278 e. The minimum atomic E-state index is -0.361. The Kier molecular flexibility index (Phi) is 5.29. The second-order valence-corrected chi connectivity index (χ2v) is 7.88. The topological polar surface area (TPSA) is 67.9 Å². The predicted molar refractivity (Wildman–Crippen MR) is 121 cm³/mol. The van der Waals surface area contributed by atoms with Gasteiger partial charge in [-0.3, -0.25) is 14.5 Å². The number of halogens is 1. The number of amides is 2.